The molecule has 0 bridgehead atoms. The van der Waals surface area contributed by atoms with Gasteiger partial charge in [-0.05, 0) is 101 Å². The molecule has 7 aromatic carbocycles. The molecule has 1 aliphatic carbocycles. The first-order valence-electron chi connectivity index (χ1n) is 21.1. The second-order valence-electron chi connectivity index (χ2n) is 16.6. The summed E-state index contributed by atoms with van der Waals surface area (Å²) in [7, 11) is 0. The lowest BCUT2D eigenvalue weighted by molar-refractivity contribution is 0.647. The van der Waals surface area contributed by atoms with E-state index in [0.717, 1.165) is 67.8 Å². The van der Waals surface area contributed by atoms with Crippen LogP contribution < -0.4 is 0 Å². The SMILES string of the molecule is C=C/C=C\C=C/Cn1c2ccccc2c2cc3c(cc21)C(C)(C)c1cc2oc4ccc(-c5ccc(C(C)=NC(=NC(C)c6ccccc6)c6ccccc6)cc5)cc4c2cc1-3. The molecular weight excluding hydrogens is 743 g/mol. The van der Waals surface area contributed by atoms with Crippen LogP contribution in [0.3, 0.4) is 0 Å². The van der Waals surface area contributed by atoms with Crippen molar-refractivity contribution in [1.82, 2.24) is 4.57 Å². The molecule has 61 heavy (non-hydrogen) atoms. The average Bonchev–Trinajstić information content (AvgIpc) is 3.89. The van der Waals surface area contributed by atoms with E-state index < -0.39 is 0 Å². The maximum atomic E-state index is 6.60. The number of amidine groups is 1. The Morgan fingerprint density at radius 3 is 2.08 bits per heavy atom. The number of aromatic nitrogens is 1. The molecular formula is C57H47N3O. The van der Waals surface area contributed by atoms with E-state index in [4.69, 9.17) is 14.4 Å². The van der Waals surface area contributed by atoms with Crippen LogP contribution in [0.4, 0.5) is 0 Å². The molecule has 1 aliphatic rings. The highest BCUT2D eigenvalue weighted by Crippen LogP contribution is 2.52. The summed E-state index contributed by atoms with van der Waals surface area (Å²) in [5, 5.41) is 4.81. The maximum absolute atomic E-state index is 6.60. The van der Waals surface area contributed by atoms with E-state index in [2.05, 4.69) is 178 Å². The van der Waals surface area contributed by atoms with Gasteiger partial charge in [0.2, 0.25) is 0 Å². The summed E-state index contributed by atoms with van der Waals surface area (Å²) < 4.78 is 9.04. The third kappa shape index (κ3) is 6.75. The van der Waals surface area contributed by atoms with Crippen molar-refractivity contribution in [2.75, 3.05) is 0 Å². The number of furan rings is 1. The molecule has 2 aromatic heterocycles. The van der Waals surface area contributed by atoms with Crippen LogP contribution in [0.25, 0.3) is 66.0 Å². The zero-order chi connectivity index (χ0) is 41.7. The first-order chi connectivity index (χ1) is 29.8. The van der Waals surface area contributed by atoms with Crippen LogP contribution in [-0.4, -0.2) is 16.1 Å². The van der Waals surface area contributed by atoms with Crippen LogP contribution in [0.5, 0.6) is 0 Å². The summed E-state index contributed by atoms with van der Waals surface area (Å²) in [6.45, 7) is 13.5. The van der Waals surface area contributed by atoms with E-state index >= 15 is 0 Å². The summed E-state index contributed by atoms with van der Waals surface area (Å²) in [5.74, 6) is 0.727. The van der Waals surface area contributed by atoms with E-state index in [1.54, 1.807) is 6.08 Å². The Kier molecular flexibility index (Phi) is 9.57. The van der Waals surface area contributed by atoms with E-state index in [9.17, 15) is 0 Å². The smallest absolute Gasteiger partial charge is 0.155 e. The van der Waals surface area contributed by atoms with E-state index in [1.807, 2.05) is 36.4 Å². The van der Waals surface area contributed by atoms with E-state index in [-0.39, 0.29) is 11.5 Å². The second-order valence-corrected chi connectivity index (χ2v) is 16.6. The second kappa shape index (κ2) is 15.4. The molecule has 0 saturated heterocycles. The Labute approximate surface area is 357 Å². The van der Waals surface area contributed by atoms with Crippen LogP contribution in [0.15, 0.2) is 203 Å². The van der Waals surface area contributed by atoms with E-state index in [0.29, 0.717) is 0 Å². The fourth-order valence-corrected chi connectivity index (χ4v) is 9.18. The number of allylic oxidation sites excluding steroid dienone is 5. The van der Waals surface area contributed by atoms with Crippen molar-refractivity contribution in [1.29, 1.82) is 0 Å². The summed E-state index contributed by atoms with van der Waals surface area (Å²) in [6, 6.07) is 54.2. The molecule has 0 N–H and O–H groups in total. The third-order valence-corrected chi connectivity index (χ3v) is 12.5. The largest absolute Gasteiger partial charge is 0.456 e. The van der Waals surface area contributed by atoms with E-state index in [1.165, 1.54) is 44.1 Å². The number of rotatable bonds is 9. The fourth-order valence-electron chi connectivity index (χ4n) is 9.18. The van der Waals surface area contributed by atoms with Gasteiger partial charge < -0.3 is 8.98 Å². The van der Waals surface area contributed by atoms with Gasteiger partial charge in [0.05, 0.1) is 6.04 Å². The number of para-hydroxylation sites is 1. The van der Waals surface area contributed by atoms with Gasteiger partial charge in [0.15, 0.2) is 5.84 Å². The number of aliphatic imine (C=N–C) groups is 2. The van der Waals surface area contributed by atoms with Crippen molar-refractivity contribution < 1.29 is 4.42 Å². The van der Waals surface area contributed by atoms with Crippen molar-refractivity contribution in [2.24, 2.45) is 9.98 Å². The zero-order valence-corrected chi connectivity index (χ0v) is 35.1. The summed E-state index contributed by atoms with van der Waals surface area (Å²) in [6.07, 6.45) is 10.1. The summed E-state index contributed by atoms with van der Waals surface area (Å²) >= 11 is 0. The van der Waals surface area contributed by atoms with Gasteiger partial charge in [-0.2, -0.15) is 0 Å². The molecule has 0 radical (unpaired) electrons. The normalized spacial score (nSPS) is 14.5. The Hall–Kier alpha value is -7.30. The van der Waals surface area contributed by atoms with Crippen molar-refractivity contribution in [3.05, 3.63) is 216 Å². The van der Waals surface area contributed by atoms with Crippen molar-refractivity contribution >= 4 is 55.3 Å². The average molecular weight is 790 g/mol. The molecule has 10 rings (SSSR count). The quantitative estimate of drug-likeness (QED) is 0.0816. The summed E-state index contributed by atoms with van der Waals surface area (Å²) in [4.78, 5) is 10.2. The number of benzene rings is 7. The minimum absolute atomic E-state index is 0.0285. The van der Waals surface area contributed by atoms with Gasteiger partial charge in [-0.25, -0.2) is 4.99 Å². The zero-order valence-electron chi connectivity index (χ0n) is 35.1. The lowest BCUT2D eigenvalue weighted by Crippen LogP contribution is -2.15. The molecule has 1 atom stereocenters. The topological polar surface area (TPSA) is 42.8 Å². The predicted molar refractivity (Wildman–Crippen MR) is 258 cm³/mol. The molecule has 4 heteroatoms. The first kappa shape index (κ1) is 37.9. The molecule has 4 nitrogen and oxygen atoms in total. The third-order valence-electron chi connectivity index (χ3n) is 12.5. The molecule has 0 aliphatic heterocycles. The standard InChI is InChI=1S/C57H47N3O/c1-6-7-8-9-18-31-60-52-24-17-16-23-44(52)47-33-45-46-34-49-48-32-43(29-30-54(48)61-55(49)36-51(46)57(4,5)50(45)35-53(47)60)41-27-25-40(26-28-41)38(3)59-56(42-21-14-11-15-22-42)58-37(2)39-19-12-10-13-20-39/h6-30,32-37H,1,31H2,2-5H3/b8-7-,18-9-,58-56?,59-38?. The Balaban J connectivity index is 1.00. The van der Waals surface area contributed by atoms with Gasteiger partial charge in [0, 0.05) is 55.8 Å². The van der Waals surface area contributed by atoms with Gasteiger partial charge in [-0.3, -0.25) is 4.99 Å². The van der Waals surface area contributed by atoms with Crippen LogP contribution in [-0.2, 0) is 12.0 Å². The minimum Gasteiger partial charge on any atom is -0.456 e. The molecule has 0 saturated carbocycles. The van der Waals surface area contributed by atoms with Gasteiger partial charge in [0.1, 0.15) is 11.2 Å². The number of hydrogen-bond acceptors (Lipinski definition) is 2. The molecule has 296 valence electrons. The molecule has 9 aromatic rings. The predicted octanol–water partition coefficient (Wildman–Crippen LogP) is 15.0. The first-order valence-corrected chi connectivity index (χ1v) is 21.1. The van der Waals surface area contributed by atoms with Crippen LogP contribution in [0.1, 0.15) is 61.6 Å². The highest BCUT2D eigenvalue weighted by atomic mass is 16.3. The van der Waals surface area contributed by atoms with Gasteiger partial charge in [-0.1, -0.05) is 160 Å². The lowest BCUT2D eigenvalue weighted by Gasteiger charge is -2.21. The Bertz CT molecular complexity index is 3260. The van der Waals surface area contributed by atoms with Crippen molar-refractivity contribution in [3.63, 3.8) is 0 Å². The molecule has 0 spiro atoms. The van der Waals surface area contributed by atoms with Gasteiger partial charge in [0.25, 0.3) is 0 Å². The number of fused-ring (bicyclic) bond motifs is 9. The lowest BCUT2D eigenvalue weighted by atomic mass is 9.82. The van der Waals surface area contributed by atoms with Crippen LogP contribution in [0, 0.1) is 0 Å². The molecule has 2 heterocycles. The number of nitrogens with zero attached hydrogens (tertiary/aromatic N) is 3. The molecule has 0 fully saturated rings. The van der Waals surface area contributed by atoms with Crippen LogP contribution >= 0.6 is 0 Å². The Morgan fingerprint density at radius 2 is 1.31 bits per heavy atom. The molecule has 1 unspecified atom stereocenters. The maximum Gasteiger partial charge on any atom is 0.155 e. The Morgan fingerprint density at radius 1 is 0.639 bits per heavy atom. The van der Waals surface area contributed by atoms with Crippen molar-refractivity contribution in [2.45, 2.75) is 45.7 Å². The highest BCUT2D eigenvalue weighted by Gasteiger charge is 2.37. The molecule has 0 amide bonds. The van der Waals surface area contributed by atoms with Gasteiger partial charge >= 0.3 is 0 Å². The van der Waals surface area contributed by atoms with Crippen LogP contribution in [0.2, 0.25) is 0 Å². The summed E-state index contributed by atoms with van der Waals surface area (Å²) in [5.41, 5.74) is 15.8. The monoisotopic (exact) mass is 789 g/mol. The fraction of sp³-hybridized carbons (Fsp3) is 0.123. The number of hydrogen-bond donors (Lipinski definition) is 0. The van der Waals surface area contributed by atoms with Crippen molar-refractivity contribution in [3.8, 4) is 22.3 Å². The minimum atomic E-state index is -0.196. The highest BCUT2D eigenvalue weighted by molar-refractivity contribution is 6.14. The van der Waals surface area contributed by atoms with Gasteiger partial charge in [-0.15, -0.1) is 0 Å².